The van der Waals surface area contributed by atoms with Crippen molar-refractivity contribution in [3.63, 3.8) is 0 Å². The van der Waals surface area contributed by atoms with Crippen molar-refractivity contribution in [1.82, 2.24) is 25.0 Å². The van der Waals surface area contributed by atoms with Crippen molar-refractivity contribution >= 4 is 5.95 Å². The summed E-state index contributed by atoms with van der Waals surface area (Å²) in [4.78, 5) is 18.2. The predicted octanol–water partition coefficient (Wildman–Crippen LogP) is 1.94. The molecule has 1 saturated carbocycles. The molecule has 2 aromatic heterocycles. The first-order valence-electron chi connectivity index (χ1n) is 8.86. The summed E-state index contributed by atoms with van der Waals surface area (Å²) in [6.45, 7) is 7.62. The van der Waals surface area contributed by atoms with Crippen molar-refractivity contribution in [3.05, 3.63) is 23.5 Å². The van der Waals surface area contributed by atoms with Gasteiger partial charge in [0.1, 0.15) is 0 Å². The fourth-order valence-electron chi connectivity index (χ4n) is 3.16. The third kappa shape index (κ3) is 3.44. The maximum atomic E-state index is 5.48. The molecule has 3 heterocycles. The fraction of sp³-hybridized carbons (Fsp3) is 0.647. The van der Waals surface area contributed by atoms with Crippen molar-refractivity contribution in [2.45, 2.75) is 38.6 Å². The topological polar surface area (TPSA) is 80.4 Å². The largest absolute Gasteiger partial charge is 0.481 e. The first-order chi connectivity index (χ1) is 12.1. The molecule has 2 aliphatic rings. The number of piperazine rings is 1. The van der Waals surface area contributed by atoms with Crippen LogP contribution in [0.2, 0.25) is 0 Å². The van der Waals surface area contributed by atoms with Crippen molar-refractivity contribution in [3.8, 4) is 5.88 Å². The molecule has 0 aromatic carbocycles. The lowest BCUT2D eigenvalue weighted by molar-refractivity contribution is 0.163. The molecule has 0 radical (unpaired) electrons. The van der Waals surface area contributed by atoms with Gasteiger partial charge in [-0.05, 0) is 26.7 Å². The summed E-state index contributed by atoms with van der Waals surface area (Å²) >= 11 is 0. The smallest absolute Gasteiger partial charge is 0.243 e. The van der Waals surface area contributed by atoms with E-state index in [1.54, 1.807) is 7.11 Å². The predicted molar refractivity (Wildman–Crippen MR) is 91.8 cm³/mol. The van der Waals surface area contributed by atoms with Crippen LogP contribution in [-0.2, 0) is 0 Å². The zero-order chi connectivity index (χ0) is 17.4. The van der Waals surface area contributed by atoms with Gasteiger partial charge in [-0.25, -0.2) is 4.98 Å². The molecule has 1 aliphatic heterocycles. The van der Waals surface area contributed by atoms with Crippen molar-refractivity contribution in [2.75, 3.05) is 38.2 Å². The average molecular weight is 344 g/mol. The average Bonchev–Trinajstić information content (AvgIpc) is 3.37. The van der Waals surface area contributed by atoms with Gasteiger partial charge in [0.2, 0.25) is 17.7 Å². The highest BCUT2D eigenvalue weighted by atomic mass is 16.5. The molecule has 134 valence electrons. The molecule has 0 unspecified atom stereocenters. The number of ether oxygens (including phenoxy) is 1. The summed E-state index contributed by atoms with van der Waals surface area (Å²) in [6, 6.07) is 1.98. The zero-order valence-electron chi connectivity index (χ0n) is 15.0. The molecule has 2 aromatic rings. The highest BCUT2D eigenvalue weighted by Gasteiger charge is 2.31. The Morgan fingerprint density at radius 2 is 1.92 bits per heavy atom. The maximum Gasteiger partial charge on any atom is 0.243 e. The van der Waals surface area contributed by atoms with Crippen molar-refractivity contribution < 1.29 is 9.26 Å². The number of nitrogens with zero attached hydrogens (tertiary/aromatic N) is 6. The van der Waals surface area contributed by atoms with E-state index < -0.39 is 0 Å². The lowest BCUT2D eigenvalue weighted by Gasteiger charge is -2.36. The van der Waals surface area contributed by atoms with E-state index in [1.165, 1.54) is 12.8 Å². The van der Waals surface area contributed by atoms with Gasteiger partial charge in [0.25, 0.3) is 0 Å². The molecular formula is C17H24N6O2. The van der Waals surface area contributed by atoms with Gasteiger partial charge in [0.15, 0.2) is 5.82 Å². The molecule has 1 saturated heterocycles. The van der Waals surface area contributed by atoms with E-state index >= 15 is 0 Å². The molecule has 0 spiro atoms. The molecule has 4 rings (SSSR count). The molecule has 0 bridgehead atoms. The molecule has 8 heteroatoms. The fourth-order valence-corrected chi connectivity index (χ4v) is 3.16. The van der Waals surface area contributed by atoms with E-state index in [1.807, 2.05) is 13.0 Å². The number of anilines is 1. The van der Waals surface area contributed by atoms with Crippen LogP contribution in [-0.4, -0.2) is 58.3 Å². The highest BCUT2D eigenvalue weighted by Crippen LogP contribution is 2.38. The summed E-state index contributed by atoms with van der Waals surface area (Å²) in [5, 5.41) is 4.13. The van der Waals surface area contributed by atoms with Gasteiger partial charge in [-0.1, -0.05) is 5.16 Å². The van der Waals surface area contributed by atoms with Gasteiger partial charge in [-0.15, -0.1) is 0 Å². The van der Waals surface area contributed by atoms with Gasteiger partial charge < -0.3 is 14.2 Å². The monoisotopic (exact) mass is 344 g/mol. The Balaban J connectivity index is 1.39. The van der Waals surface area contributed by atoms with Crippen molar-refractivity contribution in [1.29, 1.82) is 0 Å². The Labute approximate surface area is 147 Å². The first-order valence-corrected chi connectivity index (χ1v) is 8.86. The van der Waals surface area contributed by atoms with Crippen molar-refractivity contribution in [2.24, 2.45) is 0 Å². The van der Waals surface area contributed by atoms with Crippen LogP contribution in [0.3, 0.4) is 0 Å². The van der Waals surface area contributed by atoms with Crippen LogP contribution < -0.4 is 9.64 Å². The summed E-state index contributed by atoms with van der Waals surface area (Å²) < 4.78 is 10.7. The van der Waals surface area contributed by atoms with Gasteiger partial charge in [0.05, 0.1) is 13.2 Å². The third-order valence-corrected chi connectivity index (χ3v) is 4.93. The lowest BCUT2D eigenvalue weighted by atomic mass is 10.2. The van der Waals surface area contributed by atoms with Gasteiger partial charge >= 0.3 is 0 Å². The number of aromatic nitrogens is 4. The van der Waals surface area contributed by atoms with E-state index in [2.05, 4.69) is 36.8 Å². The van der Waals surface area contributed by atoms with Crippen LogP contribution >= 0.6 is 0 Å². The van der Waals surface area contributed by atoms with Crippen LogP contribution in [0.5, 0.6) is 5.88 Å². The number of hydrogen-bond donors (Lipinski definition) is 0. The molecule has 25 heavy (non-hydrogen) atoms. The minimum Gasteiger partial charge on any atom is -0.481 e. The van der Waals surface area contributed by atoms with E-state index in [0.717, 1.165) is 49.5 Å². The van der Waals surface area contributed by atoms with Gasteiger partial charge in [0, 0.05) is 43.9 Å². The molecule has 0 amide bonds. The normalized spacial score (nSPS) is 19.9. The second-order valence-corrected chi connectivity index (χ2v) is 6.82. The minimum atomic E-state index is 0.134. The zero-order valence-corrected chi connectivity index (χ0v) is 15.0. The molecule has 2 fully saturated rings. The Morgan fingerprint density at radius 3 is 2.60 bits per heavy atom. The molecule has 0 N–H and O–H groups in total. The van der Waals surface area contributed by atoms with E-state index in [9.17, 15) is 0 Å². The standard InChI is InChI=1S/C17H24N6O2/c1-11-10-14(24-3)19-17(18-11)23-8-6-22(7-9-23)12(2)16-20-15(21-25-16)13-4-5-13/h10,12-13H,4-9H2,1-3H3/t12-/m1/s1. The Morgan fingerprint density at radius 1 is 1.16 bits per heavy atom. The van der Waals surface area contributed by atoms with Gasteiger partial charge in [-0.3, -0.25) is 4.90 Å². The Bertz CT molecular complexity index is 736. The molecule has 1 aliphatic carbocycles. The minimum absolute atomic E-state index is 0.134. The van der Waals surface area contributed by atoms with E-state index in [-0.39, 0.29) is 6.04 Å². The van der Waals surface area contributed by atoms with E-state index in [0.29, 0.717) is 11.8 Å². The summed E-state index contributed by atoms with van der Waals surface area (Å²) in [7, 11) is 1.63. The number of methoxy groups -OCH3 is 1. The summed E-state index contributed by atoms with van der Waals surface area (Å²) in [5.74, 6) is 3.47. The third-order valence-electron chi connectivity index (χ3n) is 4.93. The summed E-state index contributed by atoms with van der Waals surface area (Å²) in [6.07, 6.45) is 2.37. The van der Waals surface area contributed by atoms with E-state index in [4.69, 9.17) is 9.26 Å². The van der Waals surface area contributed by atoms with Gasteiger partial charge in [-0.2, -0.15) is 9.97 Å². The Hall–Kier alpha value is -2.22. The molecular weight excluding hydrogens is 320 g/mol. The van der Waals surface area contributed by atoms with Crippen LogP contribution in [0.25, 0.3) is 0 Å². The Kier molecular flexibility index (Phi) is 4.29. The lowest BCUT2D eigenvalue weighted by Crippen LogP contribution is -2.47. The highest BCUT2D eigenvalue weighted by molar-refractivity contribution is 5.35. The number of aryl methyl sites for hydroxylation is 1. The molecule has 1 atom stereocenters. The second kappa shape index (κ2) is 6.59. The first kappa shape index (κ1) is 16.3. The quantitative estimate of drug-likeness (QED) is 0.814. The van der Waals surface area contributed by atoms with Crippen LogP contribution in [0, 0.1) is 6.92 Å². The maximum absolute atomic E-state index is 5.48. The van der Waals surface area contributed by atoms with Crippen LogP contribution in [0.1, 0.15) is 49.1 Å². The number of rotatable bonds is 5. The SMILES string of the molecule is COc1cc(C)nc(N2CCN([C@H](C)c3nc(C4CC4)no3)CC2)n1. The second-order valence-electron chi connectivity index (χ2n) is 6.82. The summed E-state index contributed by atoms with van der Waals surface area (Å²) in [5.41, 5.74) is 0.913. The number of hydrogen-bond acceptors (Lipinski definition) is 8. The van der Waals surface area contributed by atoms with Crippen LogP contribution in [0.4, 0.5) is 5.95 Å². The molecule has 8 nitrogen and oxygen atoms in total. The van der Waals surface area contributed by atoms with Crippen LogP contribution in [0.15, 0.2) is 10.6 Å².